The third-order valence-corrected chi connectivity index (χ3v) is 4.85. The predicted molar refractivity (Wildman–Crippen MR) is 77.9 cm³/mol. The fourth-order valence-corrected chi connectivity index (χ4v) is 3.04. The minimum Gasteiger partial charge on any atom is -0.311 e. The van der Waals surface area contributed by atoms with Crippen molar-refractivity contribution in [3.8, 4) is 0 Å². The van der Waals surface area contributed by atoms with Gasteiger partial charge in [0.15, 0.2) is 0 Å². The summed E-state index contributed by atoms with van der Waals surface area (Å²) in [4.78, 5) is 0. The first-order valence-electron chi connectivity index (χ1n) is 8.02. The Morgan fingerprint density at radius 2 is 2.00 bits per heavy atom. The largest absolute Gasteiger partial charge is 0.311 e. The quantitative estimate of drug-likeness (QED) is 0.777. The van der Waals surface area contributed by atoms with Crippen LogP contribution in [0.1, 0.15) is 57.7 Å². The van der Waals surface area contributed by atoms with Gasteiger partial charge in [0.2, 0.25) is 0 Å². The summed E-state index contributed by atoms with van der Waals surface area (Å²) in [6, 6.07) is 2.67. The van der Waals surface area contributed by atoms with Crippen molar-refractivity contribution < 1.29 is 0 Å². The summed E-state index contributed by atoms with van der Waals surface area (Å²) in [6.45, 7) is 6.56. The van der Waals surface area contributed by atoms with E-state index in [0.29, 0.717) is 6.04 Å². The van der Waals surface area contributed by atoms with Gasteiger partial charge in [-0.25, -0.2) is 0 Å². The highest BCUT2D eigenvalue weighted by molar-refractivity contribution is 5.00. The van der Waals surface area contributed by atoms with Crippen LogP contribution < -0.4 is 5.32 Å². The van der Waals surface area contributed by atoms with Gasteiger partial charge in [0.25, 0.3) is 0 Å². The maximum absolute atomic E-state index is 4.65. The number of rotatable bonds is 8. The zero-order chi connectivity index (χ0) is 13.2. The molecule has 3 nitrogen and oxygen atoms in total. The van der Waals surface area contributed by atoms with E-state index in [2.05, 4.69) is 41.2 Å². The summed E-state index contributed by atoms with van der Waals surface area (Å²) in [5, 5.41) is 8.29. The van der Waals surface area contributed by atoms with Gasteiger partial charge in [-0.2, -0.15) is 5.10 Å². The summed E-state index contributed by atoms with van der Waals surface area (Å²) >= 11 is 0. The number of aromatic nitrogens is 2. The van der Waals surface area contributed by atoms with Crippen LogP contribution in [0, 0.1) is 17.8 Å². The molecule has 1 aromatic heterocycles. The molecule has 0 aliphatic heterocycles. The van der Waals surface area contributed by atoms with Crippen LogP contribution in [0.4, 0.5) is 0 Å². The second-order valence-corrected chi connectivity index (χ2v) is 6.51. The molecule has 2 aliphatic rings. The summed E-state index contributed by atoms with van der Waals surface area (Å²) < 4.78 is 2.09. The molecule has 0 radical (unpaired) electrons. The molecule has 3 heteroatoms. The van der Waals surface area contributed by atoms with Gasteiger partial charge in [-0.15, -0.1) is 0 Å². The Bertz CT molecular complexity index is 392. The van der Waals surface area contributed by atoms with Gasteiger partial charge < -0.3 is 5.32 Å². The fourth-order valence-electron chi connectivity index (χ4n) is 3.04. The maximum atomic E-state index is 4.65. The monoisotopic (exact) mass is 261 g/mol. The molecule has 0 bridgehead atoms. The van der Waals surface area contributed by atoms with Crippen LogP contribution in [0.2, 0.25) is 0 Å². The molecule has 2 fully saturated rings. The molecule has 0 saturated heterocycles. The van der Waals surface area contributed by atoms with E-state index in [9.17, 15) is 0 Å². The Hall–Kier alpha value is -0.830. The molecule has 1 unspecified atom stereocenters. The molecule has 1 N–H and O–H groups in total. The highest BCUT2D eigenvalue weighted by atomic mass is 15.3. The topological polar surface area (TPSA) is 29.9 Å². The van der Waals surface area contributed by atoms with Crippen molar-refractivity contribution in [1.29, 1.82) is 0 Å². The van der Waals surface area contributed by atoms with Gasteiger partial charge in [0.05, 0.1) is 5.69 Å². The molecule has 106 valence electrons. The van der Waals surface area contributed by atoms with Crippen LogP contribution >= 0.6 is 0 Å². The fraction of sp³-hybridized carbons (Fsp3) is 0.812. The van der Waals surface area contributed by atoms with E-state index in [1.165, 1.54) is 37.9 Å². The average Bonchev–Trinajstić information content (AvgIpc) is 3.34. The lowest BCUT2D eigenvalue weighted by Crippen LogP contribution is -2.25. The minimum absolute atomic E-state index is 0.513. The SMILES string of the molecule is CCC(C)n1ccc(CNCC(C2CC2)C2CC2)n1. The summed E-state index contributed by atoms with van der Waals surface area (Å²) in [5.74, 6) is 3.03. The van der Waals surface area contributed by atoms with E-state index >= 15 is 0 Å². The molecule has 1 heterocycles. The molecule has 19 heavy (non-hydrogen) atoms. The van der Waals surface area contributed by atoms with Crippen molar-refractivity contribution in [1.82, 2.24) is 15.1 Å². The van der Waals surface area contributed by atoms with Crippen LogP contribution in [0.25, 0.3) is 0 Å². The standard InChI is InChI=1S/C16H27N3/c1-3-12(2)19-9-8-15(18-19)10-17-11-16(13-4-5-13)14-6-7-14/h8-9,12-14,16-17H,3-7,10-11H2,1-2H3. The second kappa shape index (κ2) is 5.66. The number of hydrogen-bond donors (Lipinski definition) is 1. The molecule has 0 spiro atoms. The van der Waals surface area contributed by atoms with Crippen LogP contribution in [0.5, 0.6) is 0 Å². The molecule has 2 aliphatic carbocycles. The Labute approximate surface area is 116 Å². The van der Waals surface area contributed by atoms with Crippen LogP contribution in [-0.4, -0.2) is 16.3 Å². The zero-order valence-corrected chi connectivity index (χ0v) is 12.3. The summed E-state index contributed by atoms with van der Waals surface area (Å²) in [7, 11) is 0. The van der Waals surface area contributed by atoms with E-state index < -0.39 is 0 Å². The molecule has 2 saturated carbocycles. The van der Waals surface area contributed by atoms with E-state index in [0.717, 1.165) is 30.7 Å². The van der Waals surface area contributed by atoms with Gasteiger partial charge in [-0.1, -0.05) is 6.92 Å². The van der Waals surface area contributed by atoms with E-state index in [-0.39, 0.29) is 0 Å². The minimum atomic E-state index is 0.513. The van der Waals surface area contributed by atoms with Gasteiger partial charge in [0, 0.05) is 18.8 Å². The van der Waals surface area contributed by atoms with Crippen molar-refractivity contribution in [2.45, 2.75) is 58.5 Å². The van der Waals surface area contributed by atoms with Crippen molar-refractivity contribution in [3.63, 3.8) is 0 Å². The zero-order valence-electron chi connectivity index (χ0n) is 12.3. The van der Waals surface area contributed by atoms with Gasteiger partial charge in [-0.05, 0) is 69.4 Å². The number of hydrogen-bond acceptors (Lipinski definition) is 2. The first-order valence-corrected chi connectivity index (χ1v) is 8.02. The van der Waals surface area contributed by atoms with E-state index in [4.69, 9.17) is 0 Å². The van der Waals surface area contributed by atoms with Crippen molar-refractivity contribution >= 4 is 0 Å². The molecular formula is C16H27N3. The number of nitrogens with one attached hydrogen (secondary N) is 1. The lowest BCUT2D eigenvalue weighted by molar-refractivity contribution is 0.376. The first-order chi connectivity index (χ1) is 9.28. The predicted octanol–water partition coefficient (Wildman–Crippen LogP) is 3.38. The maximum Gasteiger partial charge on any atom is 0.0762 e. The molecule has 0 amide bonds. The van der Waals surface area contributed by atoms with Crippen molar-refractivity contribution in [2.75, 3.05) is 6.54 Å². The molecule has 1 atom stereocenters. The molecular weight excluding hydrogens is 234 g/mol. The Balaban J connectivity index is 1.45. The highest BCUT2D eigenvalue weighted by Crippen LogP contribution is 2.48. The lowest BCUT2D eigenvalue weighted by atomic mass is 9.98. The van der Waals surface area contributed by atoms with Crippen LogP contribution in [0.15, 0.2) is 12.3 Å². The number of nitrogens with zero attached hydrogens (tertiary/aromatic N) is 2. The second-order valence-electron chi connectivity index (χ2n) is 6.51. The Morgan fingerprint density at radius 3 is 2.58 bits per heavy atom. The third-order valence-electron chi connectivity index (χ3n) is 4.85. The van der Waals surface area contributed by atoms with Crippen molar-refractivity contribution in [2.24, 2.45) is 17.8 Å². The third kappa shape index (κ3) is 3.38. The molecule has 1 aromatic rings. The molecule has 0 aromatic carbocycles. The first kappa shape index (κ1) is 13.2. The van der Waals surface area contributed by atoms with Gasteiger partial charge >= 0.3 is 0 Å². The average molecular weight is 261 g/mol. The summed E-state index contributed by atoms with van der Waals surface area (Å²) in [5.41, 5.74) is 1.19. The highest BCUT2D eigenvalue weighted by Gasteiger charge is 2.40. The van der Waals surface area contributed by atoms with E-state index in [1.54, 1.807) is 0 Å². The normalized spacial score (nSPS) is 21.0. The molecule has 3 rings (SSSR count). The van der Waals surface area contributed by atoms with E-state index in [1.807, 2.05) is 0 Å². The summed E-state index contributed by atoms with van der Waals surface area (Å²) in [6.07, 6.45) is 9.17. The van der Waals surface area contributed by atoms with Crippen molar-refractivity contribution in [3.05, 3.63) is 18.0 Å². The lowest BCUT2D eigenvalue weighted by Gasteiger charge is -2.15. The smallest absolute Gasteiger partial charge is 0.0762 e. The van der Waals surface area contributed by atoms with Gasteiger partial charge in [0.1, 0.15) is 0 Å². The van der Waals surface area contributed by atoms with Crippen LogP contribution in [0.3, 0.4) is 0 Å². The van der Waals surface area contributed by atoms with Crippen LogP contribution in [-0.2, 0) is 6.54 Å². The van der Waals surface area contributed by atoms with Gasteiger partial charge in [-0.3, -0.25) is 4.68 Å². The Kier molecular flexibility index (Phi) is 3.92. The Morgan fingerprint density at radius 1 is 1.32 bits per heavy atom.